The minimum Gasteiger partial charge on any atom is -0.323 e. The summed E-state index contributed by atoms with van der Waals surface area (Å²) in [7, 11) is -2.44. The molecule has 0 atom stereocenters. The Morgan fingerprint density at radius 2 is 1.95 bits per heavy atom. The number of benzene rings is 1. The quantitative estimate of drug-likeness (QED) is 0.340. The molecule has 3 aromatic heterocycles. The minimum absolute atomic E-state index is 0.0391. The molecule has 1 aromatic carbocycles. The van der Waals surface area contributed by atoms with E-state index in [1.165, 1.54) is 11.7 Å². The number of nitrogens with zero attached hydrogens (tertiary/aromatic N) is 7. The van der Waals surface area contributed by atoms with Crippen LogP contribution in [0.4, 0.5) is 32.1 Å². The fourth-order valence-electron chi connectivity index (χ4n) is 4.11. The molecule has 38 heavy (non-hydrogen) atoms. The first-order valence-corrected chi connectivity index (χ1v) is 13.5. The molecule has 0 amide bonds. The van der Waals surface area contributed by atoms with E-state index in [0.29, 0.717) is 22.9 Å². The van der Waals surface area contributed by atoms with Crippen LogP contribution in [0, 0.1) is 29.9 Å². The van der Waals surface area contributed by atoms with Crippen molar-refractivity contribution in [1.82, 2.24) is 29.9 Å². The number of hydrogen-bond donors (Lipinski definition) is 2. The van der Waals surface area contributed by atoms with Crippen LogP contribution in [0.25, 0.3) is 11.3 Å². The molecule has 0 radical (unpaired) electrons. The predicted octanol–water partition coefficient (Wildman–Crippen LogP) is 3.97. The van der Waals surface area contributed by atoms with Crippen LogP contribution in [0.2, 0.25) is 0 Å². The van der Waals surface area contributed by atoms with Crippen LogP contribution in [0.3, 0.4) is 0 Å². The molecule has 1 saturated carbocycles. The number of nitrogens with one attached hydrogen (secondary N) is 2. The van der Waals surface area contributed by atoms with Gasteiger partial charge in [0.2, 0.25) is 5.95 Å². The number of H-pyrrole nitrogens is 1. The van der Waals surface area contributed by atoms with Crippen LogP contribution in [-0.2, 0) is 16.4 Å². The van der Waals surface area contributed by atoms with Crippen molar-refractivity contribution in [1.29, 1.82) is 5.26 Å². The fraction of sp³-hybridized carbons (Fsp3) is 0.292. The SMILES string of the molecule is Cc1cc(Nc2nc(N(C)c3c(F)cc(S(C)(=O)=O)cc3F)nc(-c3cnn(CC#N)c3)c2C2CC2)n[nH]1. The monoisotopic (exact) mass is 539 g/mol. The second-order valence-electron chi connectivity index (χ2n) is 9.12. The number of anilines is 4. The van der Waals surface area contributed by atoms with E-state index < -0.39 is 32.1 Å². The Morgan fingerprint density at radius 1 is 1.24 bits per heavy atom. The molecular formula is C24H23F2N9O2S. The van der Waals surface area contributed by atoms with Crippen molar-refractivity contribution in [3.63, 3.8) is 0 Å². The summed E-state index contributed by atoms with van der Waals surface area (Å²) in [6.07, 6.45) is 5.92. The maximum absolute atomic E-state index is 15.1. The Morgan fingerprint density at radius 3 is 2.53 bits per heavy atom. The van der Waals surface area contributed by atoms with E-state index in [-0.39, 0.29) is 18.4 Å². The molecule has 196 valence electrons. The summed E-state index contributed by atoms with van der Waals surface area (Å²) in [6.45, 7) is 1.89. The minimum atomic E-state index is -3.83. The predicted molar refractivity (Wildman–Crippen MR) is 135 cm³/mol. The summed E-state index contributed by atoms with van der Waals surface area (Å²) in [6, 6.07) is 5.35. The van der Waals surface area contributed by atoms with E-state index in [1.54, 1.807) is 18.5 Å². The number of aromatic nitrogens is 6. The zero-order valence-corrected chi connectivity index (χ0v) is 21.5. The normalized spacial score (nSPS) is 13.4. The van der Waals surface area contributed by atoms with E-state index in [1.807, 2.05) is 13.0 Å². The van der Waals surface area contributed by atoms with Crippen molar-refractivity contribution in [3.05, 3.63) is 53.5 Å². The van der Waals surface area contributed by atoms with Gasteiger partial charge in [0.05, 0.1) is 22.9 Å². The molecule has 1 aliphatic rings. The van der Waals surface area contributed by atoms with Crippen LogP contribution in [0.5, 0.6) is 0 Å². The van der Waals surface area contributed by atoms with E-state index in [9.17, 15) is 8.42 Å². The molecule has 14 heteroatoms. The Kier molecular flexibility index (Phi) is 6.31. The summed E-state index contributed by atoms with van der Waals surface area (Å²) < 4.78 is 55.3. The van der Waals surface area contributed by atoms with Gasteiger partial charge in [-0.25, -0.2) is 22.2 Å². The lowest BCUT2D eigenvalue weighted by Gasteiger charge is -2.22. The van der Waals surface area contributed by atoms with Crippen molar-refractivity contribution >= 4 is 33.1 Å². The van der Waals surface area contributed by atoms with Crippen molar-refractivity contribution < 1.29 is 17.2 Å². The number of rotatable bonds is 8. The Bertz CT molecular complexity index is 1660. The van der Waals surface area contributed by atoms with Gasteiger partial charge in [0.1, 0.15) is 18.1 Å². The highest BCUT2D eigenvalue weighted by atomic mass is 32.2. The molecule has 0 unspecified atom stereocenters. The van der Waals surface area contributed by atoms with Gasteiger partial charge in [-0.15, -0.1) is 0 Å². The number of halogens is 2. The zero-order chi connectivity index (χ0) is 27.2. The van der Waals surface area contributed by atoms with Crippen molar-refractivity contribution in [3.8, 4) is 17.3 Å². The molecule has 0 aliphatic heterocycles. The lowest BCUT2D eigenvalue weighted by molar-refractivity contribution is 0.569. The maximum Gasteiger partial charge on any atom is 0.232 e. The van der Waals surface area contributed by atoms with Gasteiger partial charge in [-0.1, -0.05) is 0 Å². The average Bonchev–Trinajstić information content (AvgIpc) is 3.44. The molecule has 4 aromatic rings. The van der Waals surface area contributed by atoms with E-state index >= 15 is 8.78 Å². The first kappa shape index (κ1) is 25.3. The Balaban J connectivity index is 1.68. The molecule has 3 heterocycles. The molecule has 1 aliphatic carbocycles. The summed E-state index contributed by atoms with van der Waals surface area (Å²) in [5, 5.41) is 23.5. The summed E-state index contributed by atoms with van der Waals surface area (Å²) in [5.41, 5.74) is 2.21. The number of sulfone groups is 1. The topological polar surface area (TPSA) is 145 Å². The maximum atomic E-state index is 15.1. The second kappa shape index (κ2) is 9.49. The molecule has 0 spiro atoms. The summed E-state index contributed by atoms with van der Waals surface area (Å²) in [5.74, 6) is -1.15. The van der Waals surface area contributed by atoms with Gasteiger partial charge in [-0.05, 0) is 37.8 Å². The third-order valence-corrected chi connectivity index (χ3v) is 7.16. The van der Waals surface area contributed by atoms with Crippen molar-refractivity contribution in [2.24, 2.45) is 0 Å². The van der Waals surface area contributed by atoms with Crippen LogP contribution in [-0.4, -0.2) is 51.7 Å². The van der Waals surface area contributed by atoms with Gasteiger partial charge in [0.25, 0.3) is 0 Å². The number of nitriles is 1. The fourth-order valence-corrected chi connectivity index (χ4v) is 4.74. The van der Waals surface area contributed by atoms with Gasteiger partial charge >= 0.3 is 0 Å². The number of hydrogen-bond acceptors (Lipinski definition) is 9. The molecule has 1 fully saturated rings. The smallest absolute Gasteiger partial charge is 0.232 e. The third kappa shape index (κ3) is 4.92. The number of aryl methyl sites for hydroxylation is 1. The second-order valence-corrected chi connectivity index (χ2v) is 11.1. The standard InChI is InChI=1S/C24H23F2N9O2S/c1-13-8-19(33-32-13)29-23-20(14-4-5-14)21(15-11-28-35(12-15)7-6-27)30-24(31-23)34(2)22-17(25)9-16(10-18(22)26)38(3,36)37/h8-12,14H,4-5,7H2,1-3H3,(H2,29,30,31,32,33). The lowest BCUT2D eigenvalue weighted by atomic mass is 10.1. The third-order valence-electron chi connectivity index (χ3n) is 6.07. The summed E-state index contributed by atoms with van der Waals surface area (Å²) >= 11 is 0. The van der Waals surface area contributed by atoms with E-state index in [2.05, 4.69) is 30.6 Å². The molecule has 2 N–H and O–H groups in total. The van der Waals surface area contributed by atoms with Crippen LogP contribution < -0.4 is 10.2 Å². The average molecular weight is 540 g/mol. The molecule has 5 rings (SSSR count). The van der Waals surface area contributed by atoms with Crippen molar-refractivity contribution in [2.75, 3.05) is 23.5 Å². The van der Waals surface area contributed by atoms with Gasteiger partial charge in [-0.3, -0.25) is 9.78 Å². The lowest BCUT2D eigenvalue weighted by Crippen LogP contribution is -2.19. The Hall–Kier alpha value is -4.38. The highest BCUT2D eigenvalue weighted by Crippen LogP contribution is 2.48. The van der Waals surface area contributed by atoms with Crippen molar-refractivity contribution in [2.45, 2.75) is 37.1 Å². The van der Waals surface area contributed by atoms with Gasteiger partial charge in [0.15, 0.2) is 27.3 Å². The highest BCUT2D eigenvalue weighted by Gasteiger charge is 2.33. The van der Waals surface area contributed by atoms with Crippen LogP contribution in [0.15, 0.2) is 35.5 Å². The zero-order valence-electron chi connectivity index (χ0n) is 20.7. The first-order chi connectivity index (χ1) is 18.0. The highest BCUT2D eigenvalue weighted by molar-refractivity contribution is 7.90. The van der Waals surface area contributed by atoms with Gasteiger partial charge < -0.3 is 10.2 Å². The van der Waals surface area contributed by atoms with Gasteiger partial charge in [0, 0.05) is 42.4 Å². The van der Waals surface area contributed by atoms with Crippen LogP contribution >= 0.6 is 0 Å². The molecule has 0 saturated heterocycles. The number of aromatic amines is 1. The summed E-state index contributed by atoms with van der Waals surface area (Å²) in [4.78, 5) is 9.94. The molecule has 0 bridgehead atoms. The molecule has 11 nitrogen and oxygen atoms in total. The Labute approximate surface area is 217 Å². The molecular weight excluding hydrogens is 516 g/mol. The van der Waals surface area contributed by atoms with Crippen LogP contribution in [0.1, 0.15) is 30.0 Å². The first-order valence-electron chi connectivity index (χ1n) is 11.6. The largest absolute Gasteiger partial charge is 0.323 e. The van der Waals surface area contributed by atoms with Gasteiger partial charge in [-0.2, -0.15) is 20.4 Å². The van der Waals surface area contributed by atoms with E-state index in [4.69, 9.17) is 5.26 Å². The van der Waals surface area contributed by atoms with E-state index in [0.717, 1.165) is 47.4 Å².